The summed E-state index contributed by atoms with van der Waals surface area (Å²) in [5.74, 6) is 0. The molecule has 0 saturated carbocycles. The molecule has 5 nitrogen and oxygen atoms in total. The first-order valence-corrected chi connectivity index (χ1v) is 8.02. The summed E-state index contributed by atoms with van der Waals surface area (Å²) < 4.78 is 31.5. The van der Waals surface area contributed by atoms with Gasteiger partial charge < -0.3 is 4.42 Å². The van der Waals surface area contributed by atoms with Crippen molar-refractivity contribution in [3.05, 3.63) is 78.5 Å². The van der Waals surface area contributed by atoms with E-state index >= 15 is 0 Å². The summed E-state index contributed by atoms with van der Waals surface area (Å²) in [6.45, 7) is 5.84. The Balaban J connectivity index is 2.08. The Morgan fingerprint density at radius 1 is 1.18 bits per heavy atom. The molecule has 0 radical (unpaired) electrons. The van der Waals surface area contributed by atoms with Crippen LogP contribution in [-0.2, 0) is 10.0 Å². The summed E-state index contributed by atoms with van der Waals surface area (Å²) in [6.07, 6.45) is 4.46. The van der Waals surface area contributed by atoms with Gasteiger partial charge in [0.1, 0.15) is 0 Å². The van der Waals surface area contributed by atoms with E-state index in [0.29, 0.717) is 16.8 Å². The van der Waals surface area contributed by atoms with Gasteiger partial charge in [0.2, 0.25) is 0 Å². The van der Waals surface area contributed by atoms with Crippen LogP contribution in [0.3, 0.4) is 0 Å². The fourth-order valence-corrected chi connectivity index (χ4v) is 3.38. The molecule has 3 rings (SSSR count). The number of aryl methyl sites for hydroxylation is 1. The average Bonchev–Trinajstić information content (AvgIpc) is 3.19. The lowest BCUT2D eigenvalue weighted by Gasteiger charge is -2.10. The van der Waals surface area contributed by atoms with Crippen molar-refractivity contribution in [2.75, 3.05) is 0 Å². The van der Waals surface area contributed by atoms with Crippen LogP contribution >= 0.6 is 0 Å². The number of benzene rings is 1. The van der Waals surface area contributed by atoms with Crippen molar-refractivity contribution in [2.45, 2.75) is 11.8 Å². The highest BCUT2D eigenvalue weighted by Gasteiger charge is 2.22. The summed E-state index contributed by atoms with van der Waals surface area (Å²) >= 11 is 0. The molecule has 0 fully saturated rings. The number of furan rings is 1. The van der Waals surface area contributed by atoms with Crippen molar-refractivity contribution in [1.82, 2.24) is 9.19 Å². The molecule has 0 bridgehead atoms. The van der Waals surface area contributed by atoms with Crippen LogP contribution in [0.1, 0.15) is 16.8 Å². The molecule has 0 aliphatic heterocycles. The Morgan fingerprint density at radius 3 is 2.55 bits per heavy atom. The van der Waals surface area contributed by atoms with E-state index in [9.17, 15) is 8.42 Å². The molecule has 0 amide bonds. The molecule has 2 aromatic heterocycles. The molecule has 112 valence electrons. The molecule has 0 spiro atoms. The van der Waals surface area contributed by atoms with E-state index in [2.05, 4.69) is 11.7 Å². The lowest BCUT2D eigenvalue weighted by atomic mass is 10.1. The van der Waals surface area contributed by atoms with Crippen LogP contribution in [0, 0.1) is 6.92 Å². The zero-order chi connectivity index (χ0) is 15.7. The highest BCUT2D eigenvalue weighted by molar-refractivity contribution is 7.89. The normalized spacial score (nSPS) is 11.5. The molecule has 2 heterocycles. The fraction of sp³-hybridized carbons (Fsp3) is 0.0625. The molecule has 1 aromatic carbocycles. The van der Waals surface area contributed by atoms with E-state index in [0.717, 1.165) is 9.65 Å². The lowest BCUT2D eigenvalue weighted by Crippen LogP contribution is -2.17. The second-order valence-corrected chi connectivity index (χ2v) is 6.64. The van der Waals surface area contributed by atoms with Gasteiger partial charge in [0, 0.05) is 11.1 Å². The van der Waals surface area contributed by atoms with Gasteiger partial charge in [-0.1, -0.05) is 24.3 Å². The van der Waals surface area contributed by atoms with Crippen molar-refractivity contribution in [3.8, 4) is 0 Å². The van der Waals surface area contributed by atoms with Crippen LogP contribution in [0.4, 0.5) is 0 Å². The Bertz CT molecular complexity index is 905. The fourth-order valence-electron chi connectivity index (χ4n) is 2.09. The first-order chi connectivity index (χ1) is 10.5. The maximum atomic E-state index is 12.7. The van der Waals surface area contributed by atoms with Gasteiger partial charge in [-0.3, -0.25) is 0 Å². The molecular weight excluding hydrogens is 300 g/mol. The van der Waals surface area contributed by atoms with Gasteiger partial charge in [0.15, 0.2) is 0 Å². The van der Waals surface area contributed by atoms with E-state index in [1.54, 1.807) is 36.4 Å². The Labute approximate surface area is 128 Å². The quantitative estimate of drug-likeness (QED) is 0.742. The molecule has 0 aliphatic rings. The lowest BCUT2D eigenvalue weighted by molar-refractivity contribution is 0.566. The van der Waals surface area contributed by atoms with Gasteiger partial charge in [-0.05, 0) is 31.2 Å². The predicted octanol–water partition coefficient (Wildman–Crippen LogP) is 3.08. The monoisotopic (exact) mass is 314 g/mol. The van der Waals surface area contributed by atoms with Gasteiger partial charge in [-0.15, -0.1) is 0 Å². The number of aromatic nitrogens is 2. The van der Waals surface area contributed by atoms with Crippen LogP contribution in [0.5, 0.6) is 0 Å². The Morgan fingerprint density at radius 2 is 1.91 bits per heavy atom. The van der Waals surface area contributed by atoms with E-state index in [1.165, 1.54) is 18.7 Å². The van der Waals surface area contributed by atoms with Crippen LogP contribution in [-0.4, -0.2) is 17.6 Å². The van der Waals surface area contributed by atoms with Crippen molar-refractivity contribution in [2.24, 2.45) is 0 Å². The zero-order valence-corrected chi connectivity index (χ0v) is 12.7. The van der Waals surface area contributed by atoms with Gasteiger partial charge in [-0.2, -0.15) is 17.6 Å². The standard InChI is InChI=1S/C16H14N2O3S/c1-12-3-5-15(6-4-12)22(19,20)18-16(7-9-17-18)13(2)14-8-10-21-11-14/h3-11H,2H2,1H3. The van der Waals surface area contributed by atoms with Crippen molar-refractivity contribution in [1.29, 1.82) is 0 Å². The summed E-state index contributed by atoms with van der Waals surface area (Å²) in [5, 5.41) is 3.95. The topological polar surface area (TPSA) is 65.1 Å². The average molecular weight is 314 g/mol. The highest BCUT2D eigenvalue weighted by Crippen LogP contribution is 2.24. The van der Waals surface area contributed by atoms with Gasteiger partial charge in [-0.25, -0.2) is 0 Å². The minimum Gasteiger partial charge on any atom is -0.472 e. The van der Waals surface area contributed by atoms with Crippen molar-refractivity contribution in [3.63, 3.8) is 0 Å². The van der Waals surface area contributed by atoms with E-state index in [1.807, 2.05) is 6.92 Å². The third-order valence-corrected chi connectivity index (χ3v) is 4.95. The van der Waals surface area contributed by atoms with Gasteiger partial charge in [0.25, 0.3) is 10.0 Å². The summed E-state index contributed by atoms with van der Waals surface area (Å²) in [6, 6.07) is 9.97. The molecule has 0 atom stereocenters. The maximum Gasteiger partial charge on any atom is 0.283 e. The number of nitrogens with zero attached hydrogens (tertiary/aromatic N) is 2. The highest BCUT2D eigenvalue weighted by atomic mass is 32.2. The molecule has 0 saturated heterocycles. The van der Waals surface area contributed by atoms with Crippen molar-refractivity contribution >= 4 is 15.6 Å². The van der Waals surface area contributed by atoms with E-state index in [4.69, 9.17) is 4.42 Å². The van der Waals surface area contributed by atoms with Gasteiger partial charge >= 0.3 is 0 Å². The van der Waals surface area contributed by atoms with Crippen LogP contribution in [0.15, 0.2) is 71.0 Å². The third-order valence-electron chi connectivity index (χ3n) is 3.34. The van der Waals surface area contributed by atoms with Gasteiger partial charge in [0.05, 0.1) is 29.3 Å². The number of hydrogen-bond donors (Lipinski definition) is 0. The second-order valence-electron chi connectivity index (χ2n) is 4.87. The zero-order valence-electron chi connectivity index (χ0n) is 11.9. The first kappa shape index (κ1) is 14.3. The Hall–Kier alpha value is -2.60. The second kappa shape index (κ2) is 5.31. The van der Waals surface area contributed by atoms with E-state index in [-0.39, 0.29) is 4.90 Å². The van der Waals surface area contributed by atoms with E-state index < -0.39 is 10.0 Å². The third kappa shape index (κ3) is 2.37. The first-order valence-electron chi connectivity index (χ1n) is 6.58. The number of hydrogen-bond acceptors (Lipinski definition) is 4. The summed E-state index contributed by atoms with van der Waals surface area (Å²) in [5.41, 5.74) is 2.63. The SMILES string of the molecule is C=C(c1ccoc1)c1ccnn1S(=O)(=O)c1ccc(C)cc1. The van der Waals surface area contributed by atoms with Crippen LogP contribution in [0.2, 0.25) is 0 Å². The summed E-state index contributed by atoms with van der Waals surface area (Å²) in [4.78, 5) is 0.183. The summed E-state index contributed by atoms with van der Waals surface area (Å²) in [7, 11) is -3.77. The molecule has 0 unspecified atom stereocenters. The Kier molecular flexibility index (Phi) is 3.46. The number of rotatable bonds is 4. The predicted molar refractivity (Wildman–Crippen MR) is 82.8 cm³/mol. The molecule has 3 aromatic rings. The molecule has 0 aliphatic carbocycles. The van der Waals surface area contributed by atoms with Crippen LogP contribution < -0.4 is 0 Å². The molecular formula is C16H14N2O3S. The largest absolute Gasteiger partial charge is 0.472 e. The van der Waals surface area contributed by atoms with Crippen LogP contribution in [0.25, 0.3) is 5.57 Å². The molecule has 6 heteroatoms. The minimum atomic E-state index is -3.77. The molecule has 0 N–H and O–H groups in total. The smallest absolute Gasteiger partial charge is 0.283 e. The minimum absolute atomic E-state index is 0.183. The molecule has 22 heavy (non-hydrogen) atoms. The maximum absolute atomic E-state index is 12.7. The van der Waals surface area contributed by atoms with Crippen molar-refractivity contribution < 1.29 is 12.8 Å².